The van der Waals surface area contributed by atoms with E-state index in [9.17, 15) is 32.3 Å². The van der Waals surface area contributed by atoms with E-state index in [1.165, 1.54) is 26.2 Å². The average molecular weight is 666 g/mol. The third kappa shape index (κ3) is 5.07. The summed E-state index contributed by atoms with van der Waals surface area (Å²) in [6.45, 7) is -0.652. The van der Waals surface area contributed by atoms with E-state index < -0.39 is 75.8 Å². The lowest BCUT2D eigenvalue weighted by Crippen LogP contribution is -2.51. The lowest BCUT2D eigenvalue weighted by molar-refractivity contribution is -0.265. The molecule has 2 amide bonds. The first-order valence-corrected chi connectivity index (χ1v) is 14.2. The highest BCUT2D eigenvalue weighted by Gasteiger charge is 2.58. The van der Waals surface area contributed by atoms with Crippen molar-refractivity contribution in [2.75, 3.05) is 20.3 Å². The summed E-state index contributed by atoms with van der Waals surface area (Å²) in [5, 5.41) is 17.7. The number of alkyl halides is 3. The van der Waals surface area contributed by atoms with Crippen LogP contribution in [0, 0.1) is 11.6 Å². The van der Waals surface area contributed by atoms with E-state index in [0.717, 1.165) is 18.9 Å². The van der Waals surface area contributed by atoms with Crippen molar-refractivity contribution in [3.63, 3.8) is 0 Å². The Bertz CT molecular complexity index is 1930. The minimum atomic E-state index is -5.49. The van der Waals surface area contributed by atoms with E-state index in [0.29, 0.717) is 23.0 Å². The smallest absolute Gasteiger partial charge is 0.424 e. The molecule has 16 heteroatoms. The summed E-state index contributed by atoms with van der Waals surface area (Å²) in [4.78, 5) is 29.5. The molecule has 0 unspecified atom stereocenters. The van der Waals surface area contributed by atoms with E-state index >= 15 is 4.39 Å². The molecular weight excluding hydrogens is 641 g/mol. The summed E-state index contributed by atoms with van der Waals surface area (Å²) in [6.07, 6.45) is -1.92. The molecule has 3 heterocycles. The fourth-order valence-corrected chi connectivity index (χ4v) is 5.42. The molecule has 0 bridgehead atoms. The number of nitrogens with one attached hydrogen (secondary N) is 1. The van der Waals surface area contributed by atoms with E-state index in [4.69, 9.17) is 26.8 Å². The second-order valence-electron chi connectivity index (χ2n) is 11.5. The van der Waals surface area contributed by atoms with E-state index in [-0.39, 0.29) is 28.7 Å². The van der Waals surface area contributed by atoms with Crippen LogP contribution in [0.15, 0.2) is 36.5 Å². The predicted octanol–water partition coefficient (Wildman–Crippen LogP) is 4.69. The van der Waals surface area contributed by atoms with Crippen molar-refractivity contribution in [1.82, 2.24) is 20.1 Å². The molecular formula is C30H25ClF5N5O5. The Balaban J connectivity index is 1.43. The van der Waals surface area contributed by atoms with Gasteiger partial charge < -0.3 is 25.6 Å². The number of rotatable bonds is 8. The highest BCUT2D eigenvalue weighted by molar-refractivity contribution is 6.30. The first-order chi connectivity index (χ1) is 21.6. The molecule has 2 atom stereocenters. The Hall–Kier alpha value is -4.50. The van der Waals surface area contributed by atoms with Gasteiger partial charge in [0.15, 0.2) is 0 Å². The normalized spacial score (nSPS) is 19.0. The molecule has 46 heavy (non-hydrogen) atoms. The molecule has 2 aromatic heterocycles. The van der Waals surface area contributed by atoms with Crippen molar-refractivity contribution in [3.8, 4) is 22.8 Å². The van der Waals surface area contributed by atoms with Crippen LogP contribution in [0.3, 0.4) is 0 Å². The number of carbonyl (C=O) groups is 2. The molecule has 1 saturated carbocycles. The topological polar surface area (TPSA) is 142 Å². The van der Waals surface area contributed by atoms with Crippen molar-refractivity contribution in [2.45, 2.75) is 43.0 Å². The SMILES string of the molecule is COc1cc(C(=O)NC[C@](O)(c2cc3c(c(-c4cc(F)c(Cl)cc4F)n2)OC[C@]3(C)C(N)=O)C(F)(F)F)cc2cn(C3CC3)nc12. The molecule has 0 saturated heterocycles. The molecule has 2 aliphatic rings. The lowest BCUT2D eigenvalue weighted by Gasteiger charge is -2.31. The van der Waals surface area contributed by atoms with Gasteiger partial charge in [-0.25, -0.2) is 13.8 Å². The maximum absolute atomic E-state index is 15.1. The van der Waals surface area contributed by atoms with E-state index in [1.54, 1.807) is 10.9 Å². The zero-order valence-electron chi connectivity index (χ0n) is 24.1. The predicted molar refractivity (Wildman–Crippen MR) is 153 cm³/mol. The monoisotopic (exact) mass is 665 g/mol. The van der Waals surface area contributed by atoms with Crippen molar-refractivity contribution < 1.29 is 46.1 Å². The van der Waals surface area contributed by atoms with Gasteiger partial charge in [-0.05, 0) is 50.1 Å². The number of methoxy groups -OCH3 is 1. The number of amides is 2. The largest absolute Gasteiger partial charge is 0.494 e. The molecule has 0 spiro atoms. The Morgan fingerprint density at radius 3 is 2.54 bits per heavy atom. The van der Waals surface area contributed by atoms with Gasteiger partial charge in [0.2, 0.25) is 11.5 Å². The Kier molecular flexibility index (Phi) is 7.39. The first kappa shape index (κ1) is 31.5. The highest BCUT2D eigenvalue weighted by Crippen LogP contribution is 2.48. The van der Waals surface area contributed by atoms with Crippen LogP contribution in [0.5, 0.6) is 11.5 Å². The molecule has 0 radical (unpaired) electrons. The van der Waals surface area contributed by atoms with Gasteiger partial charge in [0.05, 0.1) is 30.4 Å². The van der Waals surface area contributed by atoms with Crippen LogP contribution in [-0.4, -0.2) is 58.1 Å². The number of hydrogen-bond acceptors (Lipinski definition) is 7. The van der Waals surface area contributed by atoms with E-state index in [1.807, 2.05) is 0 Å². The quantitative estimate of drug-likeness (QED) is 0.183. The summed E-state index contributed by atoms with van der Waals surface area (Å²) in [5.41, 5.74) is -2.42. The summed E-state index contributed by atoms with van der Waals surface area (Å²) < 4.78 is 86.3. The number of aromatic nitrogens is 3. The van der Waals surface area contributed by atoms with Gasteiger partial charge in [-0.1, -0.05) is 11.6 Å². The molecule has 6 rings (SSSR count). The molecule has 4 aromatic rings. The molecule has 1 aliphatic carbocycles. The van der Waals surface area contributed by atoms with Gasteiger partial charge in [0, 0.05) is 28.3 Å². The number of ether oxygens (including phenoxy) is 2. The van der Waals surface area contributed by atoms with Crippen LogP contribution >= 0.6 is 11.6 Å². The number of nitrogens with two attached hydrogens (primary N) is 1. The lowest BCUT2D eigenvalue weighted by atomic mass is 9.81. The molecule has 1 aliphatic heterocycles. The fourth-order valence-electron chi connectivity index (χ4n) is 5.27. The van der Waals surface area contributed by atoms with Crippen molar-refractivity contribution in [1.29, 1.82) is 0 Å². The van der Waals surface area contributed by atoms with Crippen LogP contribution < -0.4 is 20.5 Å². The maximum Gasteiger partial charge on any atom is 0.424 e. The van der Waals surface area contributed by atoms with Gasteiger partial charge in [-0.3, -0.25) is 14.3 Å². The van der Waals surface area contributed by atoms with Gasteiger partial charge in [0.1, 0.15) is 46.4 Å². The zero-order chi connectivity index (χ0) is 33.3. The first-order valence-electron chi connectivity index (χ1n) is 13.8. The number of nitrogens with zero attached hydrogens (tertiary/aromatic N) is 3. The number of aliphatic hydroxyl groups is 1. The van der Waals surface area contributed by atoms with Gasteiger partial charge in [0.25, 0.3) is 5.91 Å². The third-order valence-corrected chi connectivity index (χ3v) is 8.56. The second-order valence-corrected chi connectivity index (χ2v) is 11.9. The van der Waals surface area contributed by atoms with Crippen LogP contribution in [0.1, 0.15) is 47.4 Å². The number of halogens is 6. The van der Waals surface area contributed by atoms with Crippen molar-refractivity contribution in [2.24, 2.45) is 5.73 Å². The van der Waals surface area contributed by atoms with Gasteiger partial charge in [-0.2, -0.15) is 18.3 Å². The highest BCUT2D eigenvalue weighted by atomic mass is 35.5. The van der Waals surface area contributed by atoms with Gasteiger partial charge >= 0.3 is 6.18 Å². The van der Waals surface area contributed by atoms with Crippen LogP contribution in [0.4, 0.5) is 22.0 Å². The number of hydrogen-bond donors (Lipinski definition) is 3. The van der Waals surface area contributed by atoms with Crippen molar-refractivity contribution >= 4 is 34.3 Å². The Morgan fingerprint density at radius 2 is 1.91 bits per heavy atom. The second kappa shape index (κ2) is 10.8. The summed E-state index contributed by atoms with van der Waals surface area (Å²) in [7, 11) is 1.35. The number of pyridine rings is 1. The number of fused-ring (bicyclic) bond motifs is 2. The number of primary amides is 1. The van der Waals surface area contributed by atoms with E-state index in [2.05, 4.69) is 15.4 Å². The van der Waals surface area contributed by atoms with Gasteiger partial charge in [-0.15, -0.1) is 0 Å². The number of carbonyl (C=O) groups excluding carboxylic acids is 2. The Labute approximate surface area is 262 Å². The Morgan fingerprint density at radius 1 is 1.20 bits per heavy atom. The molecule has 1 fully saturated rings. The molecule has 4 N–H and O–H groups in total. The molecule has 242 valence electrons. The van der Waals surface area contributed by atoms with Crippen LogP contribution in [0.25, 0.3) is 22.2 Å². The third-order valence-electron chi connectivity index (χ3n) is 8.27. The summed E-state index contributed by atoms with van der Waals surface area (Å²) >= 11 is 5.66. The maximum atomic E-state index is 15.1. The summed E-state index contributed by atoms with van der Waals surface area (Å²) in [5.74, 6) is -4.43. The van der Waals surface area contributed by atoms with Crippen molar-refractivity contribution in [3.05, 3.63) is 70.0 Å². The standard InChI is InChI=1S/C30H25ClF5N5O5/c1-28(27(37)43)12-46-25-17(28)8-22(39-24(25)16-7-20(33)18(31)9-19(16)32)29(44,30(34,35)36)11-38-26(42)13-5-14-10-41(15-3-4-15)40-23(14)21(6-13)45-2/h5-10,15,44H,3-4,11-12H2,1-2H3,(H2,37,43)(H,38,42)/t28-,29-/m0/s1. The fraction of sp³-hybridized carbons (Fsp3) is 0.333. The zero-order valence-corrected chi connectivity index (χ0v) is 24.9. The molecule has 10 nitrogen and oxygen atoms in total. The molecule has 2 aromatic carbocycles. The average Bonchev–Trinajstić information content (AvgIpc) is 3.67. The number of benzene rings is 2. The van der Waals surface area contributed by atoms with Crippen LogP contribution in [-0.2, 0) is 15.8 Å². The summed E-state index contributed by atoms with van der Waals surface area (Å²) in [6, 6.07) is 4.86. The van der Waals surface area contributed by atoms with Crippen LogP contribution in [0.2, 0.25) is 5.02 Å². The minimum absolute atomic E-state index is 0.0831. The minimum Gasteiger partial charge on any atom is -0.494 e.